The summed E-state index contributed by atoms with van der Waals surface area (Å²) in [6, 6.07) is 1.83. The quantitative estimate of drug-likeness (QED) is 0.573. The van der Waals surface area contributed by atoms with E-state index in [4.69, 9.17) is 5.26 Å². The summed E-state index contributed by atoms with van der Waals surface area (Å²) in [5.74, 6) is 0.115. The van der Waals surface area contributed by atoms with Gasteiger partial charge in [-0.05, 0) is 6.42 Å². The molecule has 0 rings (SSSR count). The Morgan fingerprint density at radius 3 is 2.67 bits per heavy atom. The predicted molar refractivity (Wildman–Crippen MR) is 34.7 cm³/mol. The lowest BCUT2D eigenvalue weighted by Crippen LogP contribution is -2.07. The Morgan fingerprint density at radius 2 is 2.33 bits per heavy atom. The molecular formula is C7H11NO. The lowest BCUT2D eigenvalue weighted by atomic mass is 10.0. The third kappa shape index (κ3) is 2.86. The lowest BCUT2D eigenvalue weighted by Gasteiger charge is -2.00. The average molecular weight is 125 g/mol. The molecule has 0 saturated carbocycles. The highest BCUT2D eigenvalue weighted by molar-refractivity contribution is 5.82. The molecule has 0 bridgehead atoms. The molecule has 9 heavy (non-hydrogen) atoms. The van der Waals surface area contributed by atoms with Gasteiger partial charge in [-0.1, -0.05) is 13.8 Å². The SMILES string of the molecule is CCC(C)C(=O)CC#N. The fraction of sp³-hybridized carbons (Fsp3) is 0.714. The summed E-state index contributed by atoms with van der Waals surface area (Å²) in [5.41, 5.74) is 0. The van der Waals surface area contributed by atoms with Crippen molar-refractivity contribution >= 4 is 5.78 Å². The van der Waals surface area contributed by atoms with Gasteiger partial charge in [0.25, 0.3) is 0 Å². The van der Waals surface area contributed by atoms with Crippen molar-refractivity contribution in [3.63, 3.8) is 0 Å². The summed E-state index contributed by atoms with van der Waals surface area (Å²) < 4.78 is 0. The molecule has 0 saturated heterocycles. The molecule has 0 fully saturated rings. The van der Waals surface area contributed by atoms with E-state index in [9.17, 15) is 4.79 Å². The number of nitrogens with zero attached hydrogens (tertiary/aromatic N) is 1. The molecule has 0 aromatic rings. The Kier molecular flexibility index (Phi) is 3.70. The molecule has 0 aliphatic rings. The van der Waals surface area contributed by atoms with Gasteiger partial charge < -0.3 is 0 Å². The van der Waals surface area contributed by atoms with E-state index in [0.29, 0.717) is 0 Å². The van der Waals surface area contributed by atoms with Crippen LogP contribution in [0, 0.1) is 17.2 Å². The normalized spacial score (nSPS) is 12.1. The summed E-state index contributed by atoms with van der Waals surface area (Å²) in [7, 11) is 0. The zero-order valence-corrected chi connectivity index (χ0v) is 5.85. The molecule has 2 nitrogen and oxygen atoms in total. The van der Waals surface area contributed by atoms with Gasteiger partial charge in [0, 0.05) is 5.92 Å². The minimum atomic E-state index is 0.0556. The van der Waals surface area contributed by atoms with E-state index in [-0.39, 0.29) is 18.1 Å². The van der Waals surface area contributed by atoms with Crippen LogP contribution in [0.3, 0.4) is 0 Å². The summed E-state index contributed by atoms with van der Waals surface area (Å²) >= 11 is 0. The van der Waals surface area contributed by atoms with Gasteiger partial charge in [-0.25, -0.2) is 0 Å². The van der Waals surface area contributed by atoms with E-state index in [1.54, 1.807) is 0 Å². The predicted octanol–water partition coefficient (Wildman–Crippen LogP) is 1.52. The molecule has 1 unspecified atom stereocenters. The molecule has 0 heterocycles. The van der Waals surface area contributed by atoms with E-state index in [0.717, 1.165) is 6.42 Å². The number of nitriles is 1. The molecule has 0 aromatic heterocycles. The fourth-order valence-corrected chi connectivity index (χ4v) is 0.480. The van der Waals surface area contributed by atoms with Gasteiger partial charge in [-0.3, -0.25) is 4.79 Å². The first-order chi connectivity index (χ1) is 4.22. The standard InChI is InChI=1S/C7H11NO/c1-3-6(2)7(9)4-5-8/h6H,3-4H2,1-2H3. The molecule has 50 valence electrons. The Hall–Kier alpha value is -0.840. The van der Waals surface area contributed by atoms with E-state index < -0.39 is 0 Å². The Labute approximate surface area is 55.5 Å². The van der Waals surface area contributed by atoms with Crippen LogP contribution in [0.1, 0.15) is 26.7 Å². The highest BCUT2D eigenvalue weighted by Crippen LogP contribution is 2.03. The molecule has 0 spiro atoms. The number of Topliss-reactive ketones (excluding diaryl/α,β-unsaturated/α-hetero) is 1. The molecule has 2 heteroatoms. The number of rotatable bonds is 3. The van der Waals surface area contributed by atoms with Gasteiger partial charge in [0.2, 0.25) is 0 Å². The van der Waals surface area contributed by atoms with Crippen molar-refractivity contribution in [1.29, 1.82) is 5.26 Å². The van der Waals surface area contributed by atoms with Gasteiger partial charge in [0.15, 0.2) is 0 Å². The average Bonchev–Trinajstić information content (AvgIpc) is 1.87. The first-order valence-electron chi connectivity index (χ1n) is 3.12. The summed E-state index contributed by atoms with van der Waals surface area (Å²) in [5, 5.41) is 8.11. The van der Waals surface area contributed by atoms with Crippen molar-refractivity contribution in [3.8, 4) is 6.07 Å². The summed E-state index contributed by atoms with van der Waals surface area (Å²) in [6.45, 7) is 3.79. The minimum absolute atomic E-state index is 0.0556. The van der Waals surface area contributed by atoms with Gasteiger partial charge in [0.05, 0.1) is 12.5 Å². The van der Waals surface area contributed by atoms with Crippen molar-refractivity contribution < 1.29 is 4.79 Å². The molecule has 0 radical (unpaired) electrons. The van der Waals surface area contributed by atoms with Crippen LogP contribution in [0.15, 0.2) is 0 Å². The van der Waals surface area contributed by atoms with Crippen LogP contribution >= 0.6 is 0 Å². The summed E-state index contributed by atoms with van der Waals surface area (Å²) in [6.07, 6.45) is 0.898. The van der Waals surface area contributed by atoms with Gasteiger partial charge in [-0.15, -0.1) is 0 Å². The minimum Gasteiger partial charge on any atom is -0.298 e. The van der Waals surface area contributed by atoms with Gasteiger partial charge in [-0.2, -0.15) is 5.26 Å². The molecular weight excluding hydrogens is 114 g/mol. The molecule has 0 amide bonds. The second kappa shape index (κ2) is 4.08. The maximum atomic E-state index is 10.8. The molecule has 0 aliphatic carbocycles. The Morgan fingerprint density at radius 1 is 1.78 bits per heavy atom. The van der Waals surface area contributed by atoms with Crippen molar-refractivity contribution in [1.82, 2.24) is 0 Å². The highest BCUT2D eigenvalue weighted by atomic mass is 16.1. The van der Waals surface area contributed by atoms with Crippen molar-refractivity contribution in [3.05, 3.63) is 0 Å². The Balaban J connectivity index is 3.62. The molecule has 0 N–H and O–H groups in total. The van der Waals surface area contributed by atoms with Crippen molar-refractivity contribution in [2.75, 3.05) is 0 Å². The fourth-order valence-electron chi connectivity index (χ4n) is 0.480. The third-order valence-corrected chi connectivity index (χ3v) is 1.42. The third-order valence-electron chi connectivity index (χ3n) is 1.42. The number of hydrogen-bond donors (Lipinski definition) is 0. The van der Waals surface area contributed by atoms with E-state index in [1.165, 1.54) is 0 Å². The first-order valence-corrected chi connectivity index (χ1v) is 3.12. The number of carbonyl (C=O) groups excluding carboxylic acids is 1. The van der Waals surface area contributed by atoms with Crippen molar-refractivity contribution in [2.45, 2.75) is 26.7 Å². The van der Waals surface area contributed by atoms with Crippen LogP contribution < -0.4 is 0 Å². The summed E-state index contributed by atoms with van der Waals surface area (Å²) in [4.78, 5) is 10.8. The largest absolute Gasteiger partial charge is 0.298 e. The monoisotopic (exact) mass is 125 g/mol. The molecule has 0 aromatic carbocycles. The molecule has 1 atom stereocenters. The van der Waals surface area contributed by atoms with Gasteiger partial charge >= 0.3 is 0 Å². The number of carbonyl (C=O) groups is 1. The van der Waals surface area contributed by atoms with Crippen LogP contribution in [0.2, 0.25) is 0 Å². The van der Waals surface area contributed by atoms with Crippen molar-refractivity contribution in [2.24, 2.45) is 5.92 Å². The topological polar surface area (TPSA) is 40.9 Å². The second-order valence-electron chi connectivity index (χ2n) is 2.11. The first kappa shape index (κ1) is 8.16. The van der Waals surface area contributed by atoms with E-state index in [2.05, 4.69) is 0 Å². The number of hydrogen-bond acceptors (Lipinski definition) is 2. The van der Waals surface area contributed by atoms with E-state index in [1.807, 2.05) is 19.9 Å². The van der Waals surface area contributed by atoms with E-state index >= 15 is 0 Å². The second-order valence-corrected chi connectivity index (χ2v) is 2.11. The zero-order chi connectivity index (χ0) is 7.28. The maximum absolute atomic E-state index is 10.8. The van der Waals surface area contributed by atoms with Crippen LogP contribution in [0.25, 0.3) is 0 Å². The van der Waals surface area contributed by atoms with Crippen LogP contribution in [0.4, 0.5) is 0 Å². The highest BCUT2D eigenvalue weighted by Gasteiger charge is 2.08. The Bertz CT molecular complexity index is 134. The van der Waals surface area contributed by atoms with Crippen LogP contribution in [-0.4, -0.2) is 5.78 Å². The van der Waals surface area contributed by atoms with Gasteiger partial charge in [0.1, 0.15) is 5.78 Å². The lowest BCUT2D eigenvalue weighted by molar-refractivity contribution is -0.121. The number of ketones is 1. The smallest absolute Gasteiger partial charge is 0.149 e. The maximum Gasteiger partial charge on any atom is 0.149 e. The van der Waals surface area contributed by atoms with Crippen LogP contribution in [-0.2, 0) is 4.79 Å². The van der Waals surface area contributed by atoms with Crippen LogP contribution in [0.5, 0.6) is 0 Å². The zero-order valence-electron chi connectivity index (χ0n) is 5.85. The molecule has 0 aliphatic heterocycles.